The number of benzene rings is 2. The van der Waals surface area contributed by atoms with Crippen molar-refractivity contribution in [3.63, 3.8) is 0 Å². The number of anilines is 1. The van der Waals surface area contributed by atoms with Crippen molar-refractivity contribution in [2.45, 2.75) is 25.9 Å². The lowest BCUT2D eigenvalue weighted by molar-refractivity contribution is -0.113. The first kappa shape index (κ1) is 21.0. The molecule has 1 atom stereocenters. The molecule has 0 aromatic heterocycles. The van der Waals surface area contributed by atoms with Crippen molar-refractivity contribution in [1.29, 1.82) is 0 Å². The Kier molecular flexibility index (Phi) is 6.58. The SMILES string of the molecule is CC[C@]1(C)N=C(SCC(=O)Nc2ccc(F)c(Cl)c2)C(c2ccc(Br)cc2)=N1. The van der Waals surface area contributed by atoms with Gasteiger partial charge in [-0.2, -0.15) is 0 Å². The van der Waals surface area contributed by atoms with Crippen LogP contribution in [0, 0.1) is 5.82 Å². The lowest BCUT2D eigenvalue weighted by Gasteiger charge is -2.13. The van der Waals surface area contributed by atoms with Crippen molar-refractivity contribution >= 4 is 61.6 Å². The molecule has 2 aromatic carbocycles. The van der Waals surface area contributed by atoms with Crippen LogP contribution in [0.4, 0.5) is 10.1 Å². The van der Waals surface area contributed by atoms with Crippen LogP contribution in [0.15, 0.2) is 56.9 Å². The van der Waals surface area contributed by atoms with Crippen molar-refractivity contribution in [2.75, 3.05) is 11.1 Å². The predicted molar refractivity (Wildman–Crippen MR) is 119 cm³/mol. The Morgan fingerprint density at radius 2 is 1.96 bits per heavy atom. The van der Waals surface area contributed by atoms with E-state index >= 15 is 0 Å². The van der Waals surface area contributed by atoms with Gasteiger partial charge in [0.15, 0.2) is 0 Å². The molecule has 0 saturated carbocycles. The molecule has 3 rings (SSSR count). The zero-order valence-electron chi connectivity index (χ0n) is 15.3. The molecular weight excluding hydrogens is 465 g/mol. The van der Waals surface area contributed by atoms with Gasteiger partial charge in [-0.05, 0) is 43.7 Å². The summed E-state index contributed by atoms with van der Waals surface area (Å²) in [6.45, 7) is 4.00. The molecule has 2 aromatic rings. The van der Waals surface area contributed by atoms with E-state index in [-0.39, 0.29) is 16.7 Å². The number of carbonyl (C=O) groups excluding carboxylic acids is 1. The summed E-state index contributed by atoms with van der Waals surface area (Å²) < 4.78 is 14.2. The third-order valence-corrected chi connectivity index (χ3v) is 6.01. The third kappa shape index (κ3) is 5.01. The highest BCUT2D eigenvalue weighted by atomic mass is 79.9. The monoisotopic (exact) mass is 481 g/mol. The number of halogens is 3. The summed E-state index contributed by atoms with van der Waals surface area (Å²) >= 11 is 10.5. The predicted octanol–water partition coefficient (Wildman–Crippen LogP) is 5.94. The molecule has 0 spiro atoms. The average molecular weight is 483 g/mol. The van der Waals surface area contributed by atoms with Gasteiger partial charge in [-0.3, -0.25) is 9.79 Å². The summed E-state index contributed by atoms with van der Waals surface area (Å²) in [5.74, 6) is -0.595. The van der Waals surface area contributed by atoms with Crippen LogP contribution in [-0.4, -0.2) is 28.1 Å². The van der Waals surface area contributed by atoms with Crippen LogP contribution < -0.4 is 5.32 Å². The van der Waals surface area contributed by atoms with E-state index < -0.39 is 11.5 Å². The van der Waals surface area contributed by atoms with Gasteiger partial charge in [0.2, 0.25) is 5.91 Å². The molecule has 1 amide bonds. The maximum absolute atomic E-state index is 13.2. The molecule has 8 heteroatoms. The van der Waals surface area contributed by atoms with Gasteiger partial charge in [0.05, 0.1) is 16.5 Å². The van der Waals surface area contributed by atoms with Gasteiger partial charge in [-0.15, -0.1) is 0 Å². The fraction of sp³-hybridized carbons (Fsp3) is 0.250. The minimum Gasteiger partial charge on any atom is -0.325 e. The normalized spacial score (nSPS) is 18.6. The van der Waals surface area contributed by atoms with E-state index in [1.807, 2.05) is 38.1 Å². The molecular formula is C20H18BrClFN3OS. The number of nitrogens with zero attached hydrogens (tertiary/aromatic N) is 2. The zero-order chi connectivity index (χ0) is 20.3. The van der Waals surface area contributed by atoms with Crippen LogP contribution in [0.5, 0.6) is 0 Å². The van der Waals surface area contributed by atoms with E-state index in [1.54, 1.807) is 0 Å². The molecule has 1 aliphatic rings. The standard InChI is InChI=1S/C20H18BrClFN3OS/c1-3-20(2)25-18(12-4-6-13(21)7-5-12)19(26-20)28-11-17(27)24-14-8-9-16(23)15(22)10-14/h4-10H,3,11H2,1-2H3,(H,24,27)/t20-/m0/s1. The van der Waals surface area contributed by atoms with Crippen LogP contribution in [0.1, 0.15) is 25.8 Å². The molecule has 1 aliphatic heterocycles. The van der Waals surface area contributed by atoms with Crippen LogP contribution in [0.25, 0.3) is 0 Å². The first-order valence-corrected chi connectivity index (χ1v) is 10.8. The number of aliphatic imine (C=N–C) groups is 2. The van der Waals surface area contributed by atoms with Gasteiger partial charge in [0.25, 0.3) is 0 Å². The molecule has 146 valence electrons. The highest BCUT2D eigenvalue weighted by Crippen LogP contribution is 2.30. The van der Waals surface area contributed by atoms with E-state index in [2.05, 4.69) is 21.2 Å². The second-order valence-corrected chi connectivity index (χ2v) is 8.71. The van der Waals surface area contributed by atoms with E-state index in [9.17, 15) is 9.18 Å². The maximum atomic E-state index is 13.2. The Labute approximate surface area is 180 Å². The topological polar surface area (TPSA) is 53.8 Å². The first-order chi connectivity index (χ1) is 13.3. The third-order valence-electron chi connectivity index (χ3n) is 4.23. The van der Waals surface area contributed by atoms with Crippen LogP contribution in [-0.2, 0) is 4.79 Å². The van der Waals surface area contributed by atoms with Gasteiger partial charge in [-0.25, -0.2) is 9.38 Å². The van der Waals surface area contributed by atoms with Gasteiger partial charge in [0.1, 0.15) is 16.5 Å². The molecule has 0 bridgehead atoms. The summed E-state index contributed by atoms with van der Waals surface area (Å²) in [6.07, 6.45) is 0.761. The Hall–Kier alpha value is -1.70. The molecule has 0 fully saturated rings. The van der Waals surface area contributed by atoms with Crippen LogP contribution in [0.2, 0.25) is 5.02 Å². The zero-order valence-corrected chi connectivity index (χ0v) is 18.5. The summed E-state index contributed by atoms with van der Waals surface area (Å²) in [5.41, 5.74) is 1.67. The van der Waals surface area contributed by atoms with Gasteiger partial charge in [-0.1, -0.05) is 58.3 Å². The number of amides is 1. The van der Waals surface area contributed by atoms with Crippen molar-refractivity contribution in [3.05, 3.63) is 63.3 Å². The highest BCUT2D eigenvalue weighted by molar-refractivity contribution is 9.10. The van der Waals surface area contributed by atoms with E-state index in [4.69, 9.17) is 21.6 Å². The second kappa shape index (κ2) is 8.76. The molecule has 1 N–H and O–H groups in total. The number of hydrogen-bond acceptors (Lipinski definition) is 4. The number of thioether (sulfide) groups is 1. The van der Waals surface area contributed by atoms with E-state index in [0.717, 1.165) is 27.2 Å². The van der Waals surface area contributed by atoms with Gasteiger partial charge < -0.3 is 5.32 Å². The average Bonchev–Trinajstić information content (AvgIpc) is 3.01. The van der Waals surface area contributed by atoms with Gasteiger partial charge >= 0.3 is 0 Å². The molecule has 1 heterocycles. The Morgan fingerprint density at radius 1 is 1.25 bits per heavy atom. The summed E-state index contributed by atoms with van der Waals surface area (Å²) in [6, 6.07) is 11.9. The molecule has 28 heavy (non-hydrogen) atoms. The quantitative estimate of drug-likeness (QED) is 0.573. The van der Waals surface area contributed by atoms with Crippen molar-refractivity contribution < 1.29 is 9.18 Å². The smallest absolute Gasteiger partial charge is 0.234 e. The molecule has 0 saturated heterocycles. The molecule has 0 aliphatic carbocycles. The summed E-state index contributed by atoms with van der Waals surface area (Å²) in [4.78, 5) is 21.8. The summed E-state index contributed by atoms with van der Waals surface area (Å²) in [5, 5.41) is 3.42. The second-order valence-electron chi connectivity index (χ2n) is 6.42. The number of rotatable bonds is 5. The number of hydrogen-bond donors (Lipinski definition) is 1. The summed E-state index contributed by atoms with van der Waals surface area (Å²) in [7, 11) is 0. The highest BCUT2D eigenvalue weighted by Gasteiger charge is 2.31. The van der Waals surface area contributed by atoms with Crippen molar-refractivity contribution in [1.82, 2.24) is 0 Å². The van der Waals surface area contributed by atoms with Crippen LogP contribution >= 0.6 is 39.3 Å². The maximum Gasteiger partial charge on any atom is 0.234 e. The largest absolute Gasteiger partial charge is 0.325 e. The van der Waals surface area contributed by atoms with Gasteiger partial charge in [0, 0.05) is 15.7 Å². The Morgan fingerprint density at radius 3 is 2.61 bits per heavy atom. The lowest BCUT2D eigenvalue weighted by Crippen LogP contribution is -2.17. The van der Waals surface area contributed by atoms with E-state index in [1.165, 1.54) is 30.0 Å². The van der Waals surface area contributed by atoms with Crippen LogP contribution in [0.3, 0.4) is 0 Å². The van der Waals surface area contributed by atoms with Crippen molar-refractivity contribution in [2.24, 2.45) is 9.98 Å². The molecule has 4 nitrogen and oxygen atoms in total. The first-order valence-electron chi connectivity index (χ1n) is 8.63. The van der Waals surface area contributed by atoms with Crippen molar-refractivity contribution in [3.8, 4) is 0 Å². The Balaban J connectivity index is 1.71. The fourth-order valence-electron chi connectivity index (χ4n) is 2.54. The number of nitrogens with one attached hydrogen (secondary N) is 1. The number of carbonyl (C=O) groups is 1. The minimum atomic E-state index is -0.524. The van der Waals surface area contributed by atoms with E-state index in [0.29, 0.717) is 5.69 Å². The minimum absolute atomic E-state index is 0.0333. The fourth-order valence-corrected chi connectivity index (χ4v) is 3.89. The Bertz CT molecular complexity index is 964. The molecule has 0 radical (unpaired) electrons. The molecule has 0 unspecified atom stereocenters. The lowest BCUT2D eigenvalue weighted by atomic mass is 10.1.